The average Bonchev–Trinajstić information content (AvgIpc) is 2.87. The summed E-state index contributed by atoms with van der Waals surface area (Å²) in [6.45, 7) is 2.22. The third kappa shape index (κ3) is 5.92. The normalized spacial score (nSPS) is 12.1. The Morgan fingerprint density at radius 1 is 1.09 bits per heavy atom. The Hall–Kier alpha value is -3.59. The van der Waals surface area contributed by atoms with Crippen molar-refractivity contribution in [2.45, 2.75) is 19.6 Å². The summed E-state index contributed by atoms with van der Waals surface area (Å²) in [5.41, 5.74) is 2.60. The standard InChI is InChI=1S/C29H22BrClN2O2/c1-19(21-8-3-2-4-9-21)33-29(34)24(17-32)14-20-15-26(30)28(27(31)16-20)35-18-23-12-7-11-22-10-5-6-13-25(22)23/h2-16,19H,18H2,1H3,(H,33,34)/b24-14-/t19-/m1/s1. The van der Waals surface area contributed by atoms with Crippen LogP contribution in [0.1, 0.15) is 29.7 Å². The van der Waals surface area contributed by atoms with E-state index in [9.17, 15) is 10.1 Å². The number of carbonyl (C=O) groups excluding carboxylic acids is 1. The second-order valence-electron chi connectivity index (χ2n) is 8.02. The molecule has 0 aliphatic heterocycles. The molecule has 0 aliphatic carbocycles. The summed E-state index contributed by atoms with van der Waals surface area (Å²) < 4.78 is 6.68. The van der Waals surface area contributed by atoms with Gasteiger partial charge in [-0.2, -0.15) is 5.26 Å². The number of nitrogens with zero attached hydrogens (tertiary/aromatic N) is 1. The van der Waals surface area contributed by atoms with Crippen molar-refractivity contribution in [1.82, 2.24) is 5.32 Å². The van der Waals surface area contributed by atoms with Crippen LogP contribution in [0.2, 0.25) is 5.02 Å². The van der Waals surface area contributed by atoms with Crippen molar-refractivity contribution in [3.8, 4) is 11.8 Å². The van der Waals surface area contributed by atoms with E-state index in [0.717, 1.165) is 21.9 Å². The van der Waals surface area contributed by atoms with Crippen molar-refractivity contribution in [3.63, 3.8) is 0 Å². The van der Waals surface area contributed by atoms with E-state index in [1.807, 2.05) is 67.6 Å². The number of hydrogen-bond donors (Lipinski definition) is 1. The maximum Gasteiger partial charge on any atom is 0.262 e. The second-order valence-corrected chi connectivity index (χ2v) is 9.28. The molecule has 0 spiro atoms. The van der Waals surface area contributed by atoms with E-state index in [0.29, 0.717) is 27.4 Å². The van der Waals surface area contributed by atoms with Gasteiger partial charge in [-0.3, -0.25) is 4.79 Å². The van der Waals surface area contributed by atoms with Crippen molar-refractivity contribution in [2.75, 3.05) is 0 Å². The minimum atomic E-state index is -0.451. The van der Waals surface area contributed by atoms with Gasteiger partial charge in [0.15, 0.2) is 5.75 Å². The highest BCUT2D eigenvalue weighted by Crippen LogP contribution is 2.36. The molecule has 35 heavy (non-hydrogen) atoms. The summed E-state index contributed by atoms with van der Waals surface area (Å²) in [5, 5.41) is 15.1. The molecule has 1 amide bonds. The van der Waals surface area contributed by atoms with E-state index in [-0.39, 0.29) is 11.6 Å². The van der Waals surface area contributed by atoms with Crippen LogP contribution in [0.25, 0.3) is 16.8 Å². The van der Waals surface area contributed by atoms with Gasteiger partial charge in [-0.05, 0) is 68.5 Å². The molecular formula is C29H22BrClN2O2. The minimum absolute atomic E-state index is 0.0137. The van der Waals surface area contributed by atoms with Gasteiger partial charge in [0.25, 0.3) is 5.91 Å². The van der Waals surface area contributed by atoms with E-state index in [4.69, 9.17) is 16.3 Å². The highest BCUT2D eigenvalue weighted by atomic mass is 79.9. The number of nitrogens with one attached hydrogen (secondary N) is 1. The molecule has 4 aromatic rings. The fourth-order valence-corrected chi connectivity index (χ4v) is 4.77. The summed E-state index contributed by atoms with van der Waals surface area (Å²) >= 11 is 10.0. The quantitative estimate of drug-likeness (QED) is 0.192. The van der Waals surface area contributed by atoms with Crippen molar-refractivity contribution in [3.05, 3.63) is 117 Å². The number of ether oxygens (including phenoxy) is 1. The second kappa shape index (κ2) is 11.2. The van der Waals surface area contributed by atoms with Gasteiger partial charge in [0.1, 0.15) is 18.2 Å². The lowest BCUT2D eigenvalue weighted by molar-refractivity contribution is -0.117. The van der Waals surface area contributed by atoms with Crippen LogP contribution in [-0.2, 0) is 11.4 Å². The number of nitriles is 1. The first-order chi connectivity index (χ1) is 17.0. The predicted octanol–water partition coefficient (Wildman–Crippen LogP) is 7.62. The van der Waals surface area contributed by atoms with Crippen molar-refractivity contribution in [1.29, 1.82) is 5.26 Å². The Morgan fingerprint density at radius 2 is 1.80 bits per heavy atom. The molecular weight excluding hydrogens is 524 g/mol. The molecule has 0 unspecified atom stereocenters. The molecule has 4 rings (SSSR count). The van der Waals surface area contributed by atoms with Crippen LogP contribution in [0, 0.1) is 11.3 Å². The van der Waals surface area contributed by atoms with Gasteiger partial charge in [-0.15, -0.1) is 0 Å². The van der Waals surface area contributed by atoms with Crippen molar-refractivity contribution >= 4 is 50.3 Å². The monoisotopic (exact) mass is 544 g/mol. The van der Waals surface area contributed by atoms with Gasteiger partial charge >= 0.3 is 0 Å². The number of carbonyl (C=O) groups is 1. The average molecular weight is 546 g/mol. The largest absolute Gasteiger partial charge is 0.486 e. The number of fused-ring (bicyclic) bond motifs is 1. The predicted molar refractivity (Wildman–Crippen MR) is 144 cm³/mol. The van der Waals surface area contributed by atoms with Gasteiger partial charge in [0.2, 0.25) is 0 Å². The maximum absolute atomic E-state index is 12.7. The first-order valence-corrected chi connectivity index (χ1v) is 12.2. The molecule has 6 heteroatoms. The van der Waals surface area contributed by atoms with Gasteiger partial charge in [-0.25, -0.2) is 0 Å². The number of amides is 1. The SMILES string of the molecule is C[C@@H](NC(=O)/C(C#N)=C\c1cc(Cl)c(OCc2cccc3ccccc23)c(Br)c1)c1ccccc1. The Labute approximate surface area is 217 Å². The molecule has 0 saturated heterocycles. The number of rotatable bonds is 7. The lowest BCUT2D eigenvalue weighted by Crippen LogP contribution is -2.27. The zero-order valence-corrected chi connectivity index (χ0v) is 21.3. The highest BCUT2D eigenvalue weighted by Gasteiger charge is 2.15. The van der Waals surface area contributed by atoms with Crippen LogP contribution >= 0.6 is 27.5 Å². The van der Waals surface area contributed by atoms with Gasteiger partial charge in [-0.1, -0.05) is 84.4 Å². The minimum Gasteiger partial charge on any atom is -0.486 e. The lowest BCUT2D eigenvalue weighted by atomic mass is 10.1. The Morgan fingerprint density at radius 3 is 2.54 bits per heavy atom. The molecule has 0 fully saturated rings. The zero-order valence-electron chi connectivity index (χ0n) is 19.0. The van der Waals surface area contributed by atoms with Crippen LogP contribution in [0.5, 0.6) is 5.75 Å². The molecule has 1 atom stereocenters. The topological polar surface area (TPSA) is 62.1 Å². The van der Waals surface area contributed by atoms with Crippen LogP contribution in [0.3, 0.4) is 0 Å². The maximum atomic E-state index is 12.7. The summed E-state index contributed by atoms with van der Waals surface area (Å²) in [5.74, 6) is 0.0461. The van der Waals surface area contributed by atoms with Gasteiger partial charge < -0.3 is 10.1 Å². The molecule has 0 heterocycles. The highest BCUT2D eigenvalue weighted by molar-refractivity contribution is 9.10. The molecule has 0 saturated carbocycles. The molecule has 0 bridgehead atoms. The van der Waals surface area contributed by atoms with Crippen LogP contribution < -0.4 is 10.1 Å². The van der Waals surface area contributed by atoms with E-state index >= 15 is 0 Å². The molecule has 4 aromatic carbocycles. The third-order valence-corrected chi connectivity index (χ3v) is 6.47. The summed E-state index contributed by atoms with van der Waals surface area (Å²) in [6, 6.07) is 29.0. The number of halogens is 2. The Bertz CT molecular complexity index is 1420. The van der Waals surface area contributed by atoms with Crippen LogP contribution in [0.15, 0.2) is 95.0 Å². The summed E-state index contributed by atoms with van der Waals surface area (Å²) in [4.78, 5) is 12.7. The molecule has 0 aliphatic rings. The fourth-order valence-electron chi connectivity index (χ4n) is 3.78. The smallest absolute Gasteiger partial charge is 0.262 e. The first-order valence-electron chi connectivity index (χ1n) is 11.0. The fraction of sp³-hybridized carbons (Fsp3) is 0.103. The van der Waals surface area contributed by atoms with Gasteiger partial charge in [0, 0.05) is 0 Å². The van der Waals surface area contributed by atoms with Crippen molar-refractivity contribution < 1.29 is 9.53 Å². The molecule has 0 aromatic heterocycles. The lowest BCUT2D eigenvalue weighted by Gasteiger charge is -2.14. The molecule has 174 valence electrons. The zero-order chi connectivity index (χ0) is 24.8. The van der Waals surface area contributed by atoms with E-state index < -0.39 is 5.91 Å². The molecule has 0 radical (unpaired) electrons. The molecule has 4 nitrogen and oxygen atoms in total. The summed E-state index contributed by atoms with van der Waals surface area (Å²) in [7, 11) is 0. The molecule has 1 N–H and O–H groups in total. The van der Waals surface area contributed by atoms with Gasteiger partial charge in [0.05, 0.1) is 15.5 Å². The first kappa shape index (κ1) is 24.5. The Kier molecular flexibility index (Phi) is 7.87. The van der Waals surface area contributed by atoms with Crippen LogP contribution in [0.4, 0.5) is 0 Å². The Balaban J connectivity index is 1.51. The van der Waals surface area contributed by atoms with Crippen LogP contribution in [-0.4, -0.2) is 5.91 Å². The number of hydrogen-bond acceptors (Lipinski definition) is 3. The van der Waals surface area contributed by atoms with E-state index in [1.165, 1.54) is 6.08 Å². The number of benzene rings is 4. The van der Waals surface area contributed by atoms with Crippen molar-refractivity contribution in [2.24, 2.45) is 0 Å². The van der Waals surface area contributed by atoms with E-state index in [1.54, 1.807) is 12.1 Å². The third-order valence-electron chi connectivity index (χ3n) is 5.60. The van der Waals surface area contributed by atoms with E-state index in [2.05, 4.69) is 39.4 Å². The summed E-state index contributed by atoms with van der Waals surface area (Å²) in [6.07, 6.45) is 1.51.